The Balaban J connectivity index is 1.73. The van der Waals surface area contributed by atoms with Gasteiger partial charge in [-0.3, -0.25) is 9.69 Å². The van der Waals surface area contributed by atoms with Crippen LogP contribution in [0.1, 0.15) is 22.3 Å². The Morgan fingerprint density at radius 3 is 2.42 bits per heavy atom. The normalized spacial score (nSPS) is 20.5. The van der Waals surface area contributed by atoms with Gasteiger partial charge in [-0.15, -0.1) is 0 Å². The molecule has 4 nitrogen and oxygen atoms in total. The number of rotatable bonds is 4. The van der Waals surface area contributed by atoms with Crippen LogP contribution in [0.5, 0.6) is 0 Å². The molecule has 2 aromatic carbocycles. The van der Waals surface area contributed by atoms with Crippen molar-refractivity contribution in [2.75, 3.05) is 20.1 Å². The fourth-order valence-electron chi connectivity index (χ4n) is 3.26. The van der Waals surface area contributed by atoms with Gasteiger partial charge in [-0.2, -0.15) is 5.26 Å². The number of benzene rings is 2. The highest BCUT2D eigenvalue weighted by molar-refractivity contribution is 5.94. The molecule has 122 valence electrons. The molecule has 0 saturated carbocycles. The number of likely N-dealkylation sites (N-methyl/N-ethyl adjacent to an activating group) is 1. The lowest BCUT2D eigenvalue weighted by Gasteiger charge is -2.33. The molecule has 0 spiro atoms. The van der Waals surface area contributed by atoms with E-state index in [0.29, 0.717) is 18.5 Å². The van der Waals surface area contributed by atoms with Gasteiger partial charge in [0.05, 0.1) is 6.07 Å². The van der Waals surface area contributed by atoms with Crippen molar-refractivity contribution in [1.82, 2.24) is 9.80 Å². The van der Waals surface area contributed by atoms with Gasteiger partial charge in [-0.1, -0.05) is 48.5 Å². The molecule has 1 unspecified atom stereocenters. The first-order valence-electron chi connectivity index (χ1n) is 8.15. The minimum Gasteiger partial charge on any atom is -0.322 e. The van der Waals surface area contributed by atoms with E-state index in [9.17, 15) is 10.1 Å². The van der Waals surface area contributed by atoms with Crippen LogP contribution in [0.4, 0.5) is 0 Å². The average Bonchev–Trinajstić information content (AvgIpc) is 3.06. The third-order valence-corrected chi connectivity index (χ3v) is 4.75. The van der Waals surface area contributed by atoms with E-state index in [1.54, 1.807) is 24.1 Å². The van der Waals surface area contributed by atoms with Crippen molar-refractivity contribution in [3.05, 3.63) is 71.8 Å². The fraction of sp³-hybridized carbons (Fsp3) is 0.300. The Labute approximate surface area is 142 Å². The second-order valence-electron chi connectivity index (χ2n) is 6.32. The van der Waals surface area contributed by atoms with E-state index in [1.165, 1.54) is 5.56 Å². The molecule has 0 aliphatic carbocycles. The van der Waals surface area contributed by atoms with Crippen LogP contribution in [-0.4, -0.2) is 41.4 Å². The van der Waals surface area contributed by atoms with Crippen molar-refractivity contribution < 1.29 is 4.79 Å². The predicted octanol–water partition coefficient (Wildman–Crippen LogP) is 2.93. The highest BCUT2D eigenvalue weighted by atomic mass is 16.2. The molecule has 1 atom stereocenters. The van der Waals surface area contributed by atoms with Crippen molar-refractivity contribution in [2.24, 2.45) is 0 Å². The lowest BCUT2D eigenvalue weighted by atomic mass is 9.97. The summed E-state index contributed by atoms with van der Waals surface area (Å²) in [6.45, 7) is 2.19. The van der Waals surface area contributed by atoms with Crippen LogP contribution in [0.25, 0.3) is 0 Å². The van der Waals surface area contributed by atoms with E-state index >= 15 is 0 Å². The maximum Gasteiger partial charge on any atom is 0.254 e. The van der Waals surface area contributed by atoms with Crippen LogP contribution in [0.3, 0.4) is 0 Å². The summed E-state index contributed by atoms with van der Waals surface area (Å²) in [7, 11) is 1.74. The third-order valence-electron chi connectivity index (χ3n) is 4.75. The minimum absolute atomic E-state index is 0.0984. The molecule has 0 radical (unpaired) electrons. The van der Waals surface area contributed by atoms with E-state index in [2.05, 4.69) is 23.1 Å². The highest BCUT2D eigenvalue weighted by Crippen LogP contribution is 2.29. The van der Waals surface area contributed by atoms with Gasteiger partial charge in [-0.05, 0) is 24.1 Å². The quantitative estimate of drug-likeness (QED) is 0.870. The molecular formula is C20H21N3O. The second kappa shape index (κ2) is 6.86. The topological polar surface area (TPSA) is 47.3 Å². The fourth-order valence-corrected chi connectivity index (χ4v) is 3.26. The van der Waals surface area contributed by atoms with Crippen molar-refractivity contribution in [3.8, 4) is 6.07 Å². The molecule has 3 rings (SSSR count). The summed E-state index contributed by atoms with van der Waals surface area (Å²) in [5.41, 5.74) is 1.08. The molecule has 1 aliphatic rings. The van der Waals surface area contributed by atoms with E-state index in [0.717, 1.165) is 13.1 Å². The van der Waals surface area contributed by atoms with Gasteiger partial charge in [0, 0.05) is 32.2 Å². The van der Waals surface area contributed by atoms with Gasteiger partial charge in [0.25, 0.3) is 5.91 Å². The first-order chi connectivity index (χ1) is 11.6. The molecule has 0 N–H and O–H groups in total. The van der Waals surface area contributed by atoms with Crippen LogP contribution in [0.2, 0.25) is 0 Å². The van der Waals surface area contributed by atoms with Crippen LogP contribution in [0.15, 0.2) is 60.7 Å². The largest absolute Gasteiger partial charge is 0.322 e. The third kappa shape index (κ3) is 3.17. The van der Waals surface area contributed by atoms with Crippen molar-refractivity contribution in [3.63, 3.8) is 0 Å². The molecule has 1 amide bonds. The molecule has 4 heteroatoms. The average molecular weight is 319 g/mol. The first-order valence-corrected chi connectivity index (χ1v) is 8.15. The van der Waals surface area contributed by atoms with Gasteiger partial charge in [-0.25, -0.2) is 0 Å². The lowest BCUT2D eigenvalue weighted by Crippen LogP contribution is -2.50. The van der Waals surface area contributed by atoms with Crippen LogP contribution >= 0.6 is 0 Å². The highest BCUT2D eigenvalue weighted by Gasteiger charge is 2.44. The number of carbonyl (C=O) groups is 1. The van der Waals surface area contributed by atoms with Crippen molar-refractivity contribution in [1.29, 1.82) is 5.26 Å². The molecule has 2 aromatic rings. The molecule has 0 bridgehead atoms. The molecule has 1 heterocycles. The summed E-state index contributed by atoms with van der Waals surface area (Å²) in [5, 5.41) is 9.80. The zero-order valence-electron chi connectivity index (χ0n) is 13.9. The zero-order valence-corrected chi connectivity index (χ0v) is 13.9. The number of nitriles is 1. The van der Waals surface area contributed by atoms with Crippen molar-refractivity contribution in [2.45, 2.75) is 18.5 Å². The summed E-state index contributed by atoms with van der Waals surface area (Å²) >= 11 is 0. The predicted molar refractivity (Wildman–Crippen MR) is 93.2 cm³/mol. The van der Waals surface area contributed by atoms with Gasteiger partial charge >= 0.3 is 0 Å². The number of likely N-dealkylation sites (tertiary alicyclic amines) is 1. The summed E-state index contributed by atoms with van der Waals surface area (Å²) in [4.78, 5) is 16.6. The summed E-state index contributed by atoms with van der Waals surface area (Å²) in [5.74, 6) is -0.0984. The molecule has 24 heavy (non-hydrogen) atoms. The number of hydrogen-bond acceptors (Lipinski definition) is 3. The number of carbonyl (C=O) groups excluding carboxylic acids is 1. The van der Waals surface area contributed by atoms with E-state index in [4.69, 9.17) is 0 Å². The standard InChI is InChI=1S/C20H21N3O/c1-22(19(24)18-10-6-3-7-11-18)20(15-21)12-13-23(16-20)14-17-8-4-2-5-9-17/h2-11H,12-14,16H2,1H3. The van der Waals surface area contributed by atoms with Gasteiger partial charge in [0.15, 0.2) is 0 Å². The molecule has 0 aromatic heterocycles. The maximum atomic E-state index is 12.7. The van der Waals surface area contributed by atoms with E-state index in [-0.39, 0.29) is 5.91 Å². The summed E-state index contributed by atoms with van der Waals surface area (Å²) in [6.07, 6.45) is 0.672. The maximum absolute atomic E-state index is 12.7. The zero-order chi connectivity index (χ0) is 17.0. The van der Waals surface area contributed by atoms with Crippen LogP contribution < -0.4 is 0 Å². The minimum atomic E-state index is -0.762. The smallest absolute Gasteiger partial charge is 0.254 e. The van der Waals surface area contributed by atoms with Crippen LogP contribution in [0, 0.1) is 11.3 Å². The summed E-state index contributed by atoms with van der Waals surface area (Å²) in [6, 6.07) is 21.8. The molecule has 1 fully saturated rings. The number of nitrogens with zero attached hydrogens (tertiary/aromatic N) is 3. The van der Waals surface area contributed by atoms with E-state index < -0.39 is 5.54 Å². The Morgan fingerprint density at radius 2 is 1.79 bits per heavy atom. The van der Waals surface area contributed by atoms with Gasteiger partial charge < -0.3 is 4.90 Å². The monoisotopic (exact) mass is 319 g/mol. The summed E-state index contributed by atoms with van der Waals surface area (Å²) < 4.78 is 0. The SMILES string of the molecule is CN(C(=O)c1ccccc1)C1(C#N)CCN(Cc2ccccc2)C1. The Morgan fingerprint density at radius 1 is 1.17 bits per heavy atom. The van der Waals surface area contributed by atoms with Crippen molar-refractivity contribution >= 4 is 5.91 Å². The molecule has 1 saturated heterocycles. The molecule has 1 aliphatic heterocycles. The Hall–Kier alpha value is -2.64. The molecular weight excluding hydrogens is 298 g/mol. The van der Waals surface area contributed by atoms with E-state index in [1.807, 2.05) is 36.4 Å². The number of hydrogen-bond donors (Lipinski definition) is 0. The van der Waals surface area contributed by atoms with Crippen LogP contribution in [-0.2, 0) is 6.54 Å². The Bertz CT molecular complexity index is 738. The van der Waals surface area contributed by atoms with Gasteiger partial charge in [0.1, 0.15) is 5.54 Å². The van der Waals surface area contributed by atoms with Gasteiger partial charge in [0.2, 0.25) is 0 Å². The Kier molecular flexibility index (Phi) is 4.64. The lowest BCUT2D eigenvalue weighted by molar-refractivity contribution is 0.0663. The number of amides is 1. The second-order valence-corrected chi connectivity index (χ2v) is 6.32. The first kappa shape index (κ1) is 16.2.